The quantitative estimate of drug-likeness (QED) is 0.635. The Morgan fingerprint density at radius 3 is 2.23 bits per heavy atom. The minimum absolute atomic E-state index is 0.0184. The number of nitrogens with one attached hydrogen (secondary N) is 1. The molecule has 5 nitrogen and oxygen atoms in total. The normalized spacial score (nSPS) is 11.0. The summed E-state index contributed by atoms with van der Waals surface area (Å²) in [6, 6.07) is 12.5. The number of alkyl halides is 1. The molecule has 0 fully saturated rings. The average Bonchev–Trinajstić information content (AvgIpc) is 2.50. The summed E-state index contributed by atoms with van der Waals surface area (Å²) in [5, 5.41) is 2.77. The largest absolute Gasteiger partial charge is 0.379 e. The van der Waals surface area contributed by atoms with E-state index >= 15 is 0 Å². The molecule has 22 heavy (non-hydrogen) atoms. The van der Waals surface area contributed by atoms with Crippen molar-refractivity contribution < 1.29 is 17.4 Å². The highest BCUT2D eigenvalue weighted by Crippen LogP contribution is 2.20. The van der Waals surface area contributed by atoms with Crippen molar-refractivity contribution in [3.05, 3.63) is 54.1 Å². The first-order chi connectivity index (χ1) is 10.4. The van der Waals surface area contributed by atoms with Gasteiger partial charge in [0.05, 0.1) is 5.33 Å². The van der Waals surface area contributed by atoms with E-state index in [0.717, 1.165) is 5.56 Å². The zero-order chi connectivity index (χ0) is 16.2. The Morgan fingerprint density at radius 1 is 1.09 bits per heavy atom. The molecule has 0 heterocycles. The van der Waals surface area contributed by atoms with Gasteiger partial charge >= 0.3 is 10.1 Å². The summed E-state index contributed by atoms with van der Waals surface area (Å²) in [5.74, 6) is 0.0359. The first-order valence-electron chi connectivity index (χ1n) is 6.38. The van der Waals surface area contributed by atoms with Gasteiger partial charge in [-0.25, -0.2) is 0 Å². The lowest BCUT2D eigenvalue weighted by Crippen LogP contribution is -2.13. The van der Waals surface area contributed by atoms with Crippen LogP contribution in [-0.4, -0.2) is 19.7 Å². The van der Waals surface area contributed by atoms with Crippen LogP contribution in [0.5, 0.6) is 5.75 Å². The molecule has 0 radical (unpaired) electrons. The Balaban J connectivity index is 2.15. The summed E-state index contributed by atoms with van der Waals surface area (Å²) in [5.41, 5.74) is 1.52. The number of benzene rings is 2. The van der Waals surface area contributed by atoms with Crippen molar-refractivity contribution in [2.24, 2.45) is 0 Å². The molecule has 0 aliphatic carbocycles. The molecule has 1 amide bonds. The highest BCUT2D eigenvalue weighted by Gasteiger charge is 2.16. The van der Waals surface area contributed by atoms with E-state index in [0.29, 0.717) is 5.69 Å². The summed E-state index contributed by atoms with van der Waals surface area (Å²) in [6.07, 6.45) is 0. The summed E-state index contributed by atoms with van der Waals surface area (Å²) in [6.45, 7) is 1.90. The predicted molar refractivity (Wildman–Crippen MR) is 87.9 cm³/mol. The lowest BCUT2D eigenvalue weighted by Gasteiger charge is -2.08. The van der Waals surface area contributed by atoms with Crippen LogP contribution in [0.25, 0.3) is 0 Å². The highest BCUT2D eigenvalue weighted by molar-refractivity contribution is 9.09. The number of anilines is 1. The van der Waals surface area contributed by atoms with Crippen LogP contribution in [-0.2, 0) is 14.9 Å². The number of carbonyl (C=O) groups excluding carboxylic acids is 1. The lowest BCUT2D eigenvalue weighted by molar-refractivity contribution is -0.113. The maximum absolute atomic E-state index is 12.2. The third-order valence-corrected chi connectivity index (χ3v) is 4.55. The highest BCUT2D eigenvalue weighted by atomic mass is 79.9. The number of aryl methyl sites for hydroxylation is 1. The maximum atomic E-state index is 12.2. The van der Waals surface area contributed by atoms with Gasteiger partial charge in [-0.2, -0.15) is 8.42 Å². The average molecular weight is 384 g/mol. The summed E-state index contributed by atoms with van der Waals surface area (Å²) in [7, 11) is -3.90. The molecule has 0 unspecified atom stereocenters. The van der Waals surface area contributed by atoms with E-state index in [1.54, 1.807) is 24.3 Å². The monoisotopic (exact) mass is 383 g/mol. The van der Waals surface area contributed by atoms with Gasteiger partial charge in [-0.1, -0.05) is 33.6 Å². The maximum Gasteiger partial charge on any atom is 0.339 e. The first kappa shape index (κ1) is 16.5. The fraction of sp³-hybridized carbons (Fsp3) is 0.133. The van der Waals surface area contributed by atoms with E-state index in [2.05, 4.69) is 21.2 Å². The number of amides is 1. The van der Waals surface area contributed by atoms with E-state index < -0.39 is 10.1 Å². The van der Waals surface area contributed by atoms with Gasteiger partial charge in [0.25, 0.3) is 0 Å². The predicted octanol–water partition coefficient (Wildman–Crippen LogP) is 3.10. The van der Waals surface area contributed by atoms with Crippen LogP contribution >= 0.6 is 15.9 Å². The molecule has 0 saturated heterocycles. The van der Waals surface area contributed by atoms with E-state index in [9.17, 15) is 13.2 Å². The molecule has 2 aromatic rings. The van der Waals surface area contributed by atoms with Crippen LogP contribution in [0, 0.1) is 6.92 Å². The standard InChI is InChI=1S/C15H14BrNO4S/c1-11-2-6-13(7-3-11)21-22(19,20)14-8-4-12(5-9-14)17-15(18)10-16/h2-9H,10H2,1H3,(H,17,18). The Kier molecular flexibility index (Phi) is 5.20. The number of hydrogen-bond donors (Lipinski definition) is 1. The van der Waals surface area contributed by atoms with Crippen LogP contribution in [0.15, 0.2) is 53.4 Å². The van der Waals surface area contributed by atoms with Crippen molar-refractivity contribution in [3.63, 3.8) is 0 Å². The lowest BCUT2D eigenvalue weighted by atomic mass is 10.2. The third kappa shape index (κ3) is 4.32. The van der Waals surface area contributed by atoms with Crippen molar-refractivity contribution >= 4 is 37.6 Å². The molecule has 0 aromatic heterocycles. The number of halogens is 1. The molecule has 2 rings (SSSR count). The second-order valence-corrected chi connectivity index (χ2v) is 6.66. The van der Waals surface area contributed by atoms with Crippen molar-refractivity contribution in [2.75, 3.05) is 10.6 Å². The fourth-order valence-electron chi connectivity index (χ4n) is 1.67. The van der Waals surface area contributed by atoms with Crippen molar-refractivity contribution in [1.82, 2.24) is 0 Å². The molecule has 0 aliphatic rings. The summed E-state index contributed by atoms with van der Waals surface area (Å²) < 4.78 is 29.4. The van der Waals surface area contributed by atoms with Gasteiger partial charge in [0.15, 0.2) is 0 Å². The topological polar surface area (TPSA) is 72.5 Å². The molecule has 0 atom stereocenters. The van der Waals surface area contributed by atoms with Gasteiger partial charge in [0.2, 0.25) is 5.91 Å². The van der Waals surface area contributed by atoms with Crippen LogP contribution in [0.1, 0.15) is 5.56 Å². The fourth-order valence-corrected chi connectivity index (χ4v) is 2.74. The summed E-state index contributed by atoms with van der Waals surface area (Å²) in [4.78, 5) is 11.2. The van der Waals surface area contributed by atoms with Crippen LogP contribution in [0.2, 0.25) is 0 Å². The van der Waals surface area contributed by atoms with Gasteiger partial charge in [-0.05, 0) is 43.3 Å². The van der Waals surface area contributed by atoms with E-state index in [1.165, 1.54) is 24.3 Å². The molecule has 1 N–H and O–H groups in total. The zero-order valence-corrected chi connectivity index (χ0v) is 14.1. The van der Waals surface area contributed by atoms with Crippen molar-refractivity contribution in [1.29, 1.82) is 0 Å². The van der Waals surface area contributed by atoms with E-state index in [4.69, 9.17) is 4.18 Å². The third-order valence-electron chi connectivity index (χ3n) is 2.78. The molecule has 7 heteroatoms. The first-order valence-corrected chi connectivity index (χ1v) is 8.91. The van der Waals surface area contributed by atoms with Crippen LogP contribution in [0.3, 0.4) is 0 Å². The van der Waals surface area contributed by atoms with Crippen molar-refractivity contribution in [3.8, 4) is 5.75 Å². The molecular weight excluding hydrogens is 370 g/mol. The van der Waals surface area contributed by atoms with Gasteiger partial charge in [-0.15, -0.1) is 0 Å². The summed E-state index contributed by atoms with van der Waals surface area (Å²) >= 11 is 3.03. The molecular formula is C15H14BrNO4S. The van der Waals surface area contributed by atoms with Gasteiger partial charge < -0.3 is 9.50 Å². The van der Waals surface area contributed by atoms with E-state index in [-0.39, 0.29) is 21.9 Å². The molecule has 0 aliphatic heterocycles. The van der Waals surface area contributed by atoms with Gasteiger partial charge in [0, 0.05) is 5.69 Å². The van der Waals surface area contributed by atoms with Gasteiger partial charge in [0.1, 0.15) is 10.6 Å². The zero-order valence-electron chi connectivity index (χ0n) is 11.7. The van der Waals surface area contributed by atoms with Crippen LogP contribution in [0.4, 0.5) is 5.69 Å². The number of hydrogen-bond acceptors (Lipinski definition) is 4. The van der Waals surface area contributed by atoms with Crippen molar-refractivity contribution in [2.45, 2.75) is 11.8 Å². The Hall–Kier alpha value is -1.86. The Labute approximate surface area is 137 Å². The SMILES string of the molecule is Cc1ccc(OS(=O)(=O)c2ccc(NC(=O)CBr)cc2)cc1. The van der Waals surface area contributed by atoms with E-state index in [1.807, 2.05) is 6.92 Å². The minimum atomic E-state index is -3.90. The molecule has 0 saturated carbocycles. The molecule has 0 spiro atoms. The number of rotatable bonds is 5. The second kappa shape index (κ2) is 6.93. The molecule has 0 bridgehead atoms. The minimum Gasteiger partial charge on any atom is -0.379 e. The van der Waals surface area contributed by atoms with Crippen LogP contribution < -0.4 is 9.50 Å². The Morgan fingerprint density at radius 2 is 1.68 bits per heavy atom. The molecule has 116 valence electrons. The van der Waals surface area contributed by atoms with Gasteiger partial charge in [-0.3, -0.25) is 4.79 Å². The Bertz CT molecular complexity index is 755. The second-order valence-electron chi connectivity index (χ2n) is 4.56. The number of carbonyl (C=O) groups is 1. The smallest absolute Gasteiger partial charge is 0.339 e. The molecule has 2 aromatic carbocycles.